The predicted molar refractivity (Wildman–Crippen MR) is 425 cm³/mol. The number of H-pyrrole nitrogens is 1. The highest BCUT2D eigenvalue weighted by Crippen LogP contribution is 2.25. The summed E-state index contributed by atoms with van der Waals surface area (Å²) in [4.78, 5) is 146. The highest BCUT2D eigenvalue weighted by molar-refractivity contribution is 8.76. The van der Waals surface area contributed by atoms with Crippen LogP contribution in [0.2, 0.25) is 0 Å². The molecule has 10 amide bonds. The van der Waals surface area contributed by atoms with Crippen LogP contribution in [0.4, 0.5) is 0 Å². The van der Waals surface area contributed by atoms with Crippen molar-refractivity contribution in [2.24, 2.45) is 11.7 Å². The average Bonchev–Trinajstić information content (AvgIpc) is 1.74. The van der Waals surface area contributed by atoms with Crippen LogP contribution in [0.25, 0.3) is 10.9 Å². The number of unbranched alkanes of at least 4 members (excludes halogenated alkanes) is 1. The van der Waals surface area contributed by atoms with Crippen LogP contribution < -0.4 is 58.9 Å². The number of hydrogen-bond acceptors (Lipinski definition) is 23. The predicted octanol–water partition coefficient (Wildman–Crippen LogP) is -0.713. The van der Waals surface area contributed by atoms with Gasteiger partial charge in [0.2, 0.25) is 59.1 Å². The Morgan fingerprint density at radius 3 is 1.83 bits per heavy atom. The van der Waals surface area contributed by atoms with E-state index in [1.165, 1.54) is 13.8 Å². The van der Waals surface area contributed by atoms with Gasteiger partial charge in [0.25, 0.3) is 0 Å². The topological polar surface area (TPSA) is 492 Å². The number of aryl methyl sites for hydroxylation is 1. The molecule has 1 aliphatic rings. The Labute approximate surface area is 665 Å². The number of amides is 10. The van der Waals surface area contributed by atoms with E-state index in [9.17, 15) is 63.7 Å². The number of hydrogen-bond donors (Lipinski definition) is 17. The molecule has 36 heteroatoms. The number of nitrogens with two attached hydrogens (primary N) is 1. The van der Waals surface area contributed by atoms with Crippen molar-refractivity contribution in [1.29, 1.82) is 0 Å². The van der Waals surface area contributed by atoms with E-state index in [4.69, 9.17) is 19.9 Å². The summed E-state index contributed by atoms with van der Waals surface area (Å²) in [5.41, 5.74) is 9.85. The minimum absolute atomic E-state index is 0.0166. The third-order valence-corrected chi connectivity index (χ3v) is 20.8. The minimum Gasteiger partial charge on any atom is -0.426 e. The lowest BCUT2D eigenvalue weighted by Gasteiger charge is -2.29. The lowest BCUT2D eigenvalue weighted by molar-refractivity contribution is -0.136. The van der Waals surface area contributed by atoms with Gasteiger partial charge in [-0.3, -0.25) is 47.9 Å². The second-order valence-corrected chi connectivity index (χ2v) is 30.6. The molecule has 0 saturated carbocycles. The highest BCUT2D eigenvalue weighted by Gasteiger charge is 2.38. The maximum absolute atomic E-state index is 15.2. The molecule has 0 spiro atoms. The van der Waals surface area contributed by atoms with Gasteiger partial charge in [-0.05, 0) is 93.2 Å². The van der Waals surface area contributed by atoms with Crippen LogP contribution in [-0.4, -0.2) is 248 Å². The third kappa shape index (κ3) is 31.9. The fraction of sp³-hybridized carbons (Fsp3) is 0.506. The first kappa shape index (κ1) is 90.9. The van der Waals surface area contributed by atoms with Gasteiger partial charge in [0.05, 0.1) is 76.1 Å². The van der Waals surface area contributed by atoms with Crippen LogP contribution in [0.3, 0.4) is 0 Å². The van der Waals surface area contributed by atoms with Gasteiger partial charge in [-0.1, -0.05) is 150 Å². The number of nitrogens with one attached hydrogen (secondary N) is 11. The molecule has 0 aliphatic carbocycles. The molecule has 12 unspecified atom stereocenters. The Kier molecular flexibility index (Phi) is 39.1. The van der Waals surface area contributed by atoms with Gasteiger partial charge < -0.3 is 103 Å². The van der Waals surface area contributed by atoms with Crippen molar-refractivity contribution in [3.63, 3.8) is 0 Å². The molecule has 0 radical (unpaired) electrons. The second-order valence-electron chi connectivity index (χ2n) is 28.1. The van der Waals surface area contributed by atoms with Crippen molar-refractivity contribution in [3.8, 4) is 0 Å². The third-order valence-electron chi connectivity index (χ3n) is 18.4. The summed E-state index contributed by atoms with van der Waals surface area (Å²) < 4.78 is 18.7. The first-order valence-corrected chi connectivity index (χ1v) is 40.4. The molecule has 4 aromatic carbocycles. The van der Waals surface area contributed by atoms with Crippen molar-refractivity contribution in [1.82, 2.24) is 73.1 Å². The van der Waals surface area contributed by atoms with Gasteiger partial charge in [-0.15, -0.1) is 5.10 Å². The Morgan fingerprint density at radius 2 is 1.20 bits per heavy atom. The maximum Gasteiger partial charge on any atom is 0.475 e. The first-order chi connectivity index (χ1) is 54.4. The number of ether oxygens (including phenoxy) is 3. The minimum atomic E-state index is -1.77. The van der Waals surface area contributed by atoms with Crippen molar-refractivity contribution in [2.45, 2.75) is 177 Å². The first-order valence-electron chi connectivity index (χ1n) is 38.0. The standard InChI is InChI=1S/C77H108BN15O18S2/c1-48(2)37-66(78(107)108)89-74(103)60(39-52-21-10-6-11-22-52)81-67(97)29-18-25-55-43-93(92-91-55)31-32-109-33-34-110-35-36-111-45-68(98)82-59(38-51-19-8-5-9-20-51)71(100)87-64-46-112-113-47-65(76(105)86-63(44-94)49(3)95)88-77(106)69(50(4)96)90-70(99)58(28-16-17-30-79)83-73(102)62(41-54-42-80-57-27-15-14-26-56(54)57)85-72(101)61(84-75(64)104)40-53-23-12-7-13-24-53/h5-15,19-24,26-27,42-43,48-50,58-66,69,80,94-96,107-108H,16-18,25,28-41,44-47,79H2,1-4H3,(H,81,97)(H,82,98)(H,83,102)(H,84,104)(H,85,101)(H,86,105)(H,87,100)(H,88,106)(H,89,103)(H,90,99). The van der Waals surface area contributed by atoms with Crippen LogP contribution in [0.15, 0.2) is 128 Å². The van der Waals surface area contributed by atoms with E-state index in [1.807, 2.05) is 62.4 Å². The number of aliphatic hydroxyl groups excluding tert-OH is 3. The van der Waals surface area contributed by atoms with E-state index in [0.717, 1.165) is 38.1 Å². The summed E-state index contributed by atoms with van der Waals surface area (Å²) in [5.74, 6) is -9.22. The number of para-hydroxylation sites is 1. The molecule has 614 valence electrons. The summed E-state index contributed by atoms with van der Waals surface area (Å²) in [6, 6.07) is 21.3. The summed E-state index contributed by atoms with van der Waals surface area (Å²) in [7, 11) is 0.145. The van der Waals surface area contributed by atoms with Gasteiger partial charge in [0.15, 0.2) is 0 Å². The Morgan fingerprint density at radius 1 is 0.628 bits per heavy atom. The van der Waals surface area contributed by atoms with E-state index in [0.29, 0.717) is 61.0 Å². The molecular weight excluding hydrogens is 1500 g/mol. The normalized spacial score (nSPS) is 19.2. The Hall–Kier alpha value is -9.34. The SMILES string of the molecule is CC(C)CC(NC(=O)C(Cc1ccccc1)NC(=O)CCCc1cn(CCOCCOCCOCC(=O)NC(Cc2ccccc2)C(=O)NC2CSSCC(C(=O)NC(CO)C(C)O)NC(=O)C(C(C)O)NC(=O)C(CCCCN)NC(=O)C(Cc3c[nH]c4ccccc34)NC(=O)C(Cc3ccccc3)NC2=O)nn1)B(O)O. The number of carbonyl (C=O) groups excluding carboxylic acids is 10. The number of carbonyl (C=O) groups is 10. The molecule has 12 atom stereocenters. The smallest absolute Gasteiger partial charge is 0.426 e. The lowest BCUT2D eigenvalue weighted by Crippen LogP contribution is -2.62. The van der Waals surface area contributed by atoms with Gasteiger partial charge in [0, 0.05) is 66.9 Å². The summed E-state index contributed by atoms with van der Waals surface area (Å²) in [5, 5.41) is 87.6. The Bertz CT molecular complexity index is 3960. The molecule has 1 saturated heterocycles. The van der Waals surface area contributed by atoms with E-state index in [1.54, 1.807) is 83.8 Å². The van der Waals surface area contributed by atoms with Gasteiger partial charge in [0.1, 0.15) is 54.9 Å². The number of fused-ring (bicyclic) bond motifs is 1. The van der Waals surface area contributed by atoms with Crippen LogP contribution in [0.1, 0.15) is 94.2 Å². The molecule has 113 heavy (non-hydrogen) atoms. The largest absolute Gasteiger partial charge is 0.475 e. The van der Waals surface area contributed by atoms with Crippen LogP contribution in [-0.2, 0) is 101 Å². The summed E-state index contributed by atoms with van der Waals surface area (Å²) >= 11 is 0. The molecule has 18 N–H and O–H groups in total. The van der Waals surface area contributed by atoms with Crippen LogP contribution in [0.5, 0.6) is 0 Å². The lowest BCUT2D eigenvalue weighted by atomic mass is 9.75. The van der Waals surface area contributed by atoms with Gasteiger partial charge >= 0.3 is 7.12 Å². The fourth-order valence-electron chi connectivity index (χ4n) is 12.2. The Balaban J connectivity index is 0.993. The van der Waals surface area contributed by atoms with E-state index in [-0.39, 0.29) is 101 Å². The number of aliphatic hydroxyl groups is 3. The van der Waals surface area contributed by atoms with Crippen LogP contribution >= 0.6 is 21.6 Å². The number of aromatic amines is 1. The van der Waals surface area contributed by atoms with Gasteiger partial charge in [-0.25, -0.2) is 4.68 Å². The molecule has 0 bridgehead atoms. The molecular formula is C77H108BN15O18S2. The van der Waals surface area contributed by atoms with Crippen LogP contribution in [0, 0.1) is 5.92 Å². The molecule has 2 aromatic heterocycles. The number of rotatable bonds is 41. The molecule has 7 rings (SSSR count). The van der Waals surface area contributed by atoms with Crippen molar-refractivity contribution in [2.75, 3.05) is 64.3 Å². The van der Waals surface area contributed by atoms with E-state index < -0.39 is 146 Å². The van der Waals surface area contributed by atoms with E-state index in [2.05, 4.69) is 68.5 Å². The number of aromatic nitrogens is 4. The number of benzene rings is 4. The molecule has 33 nitrogen and oxygen atoms in total. The zero-order valence-corrected chi connectivity index (χ0v) is 65.7. The zero-order chi connectivity index (χ0) is 81.6. The highest BCUT2D eigenvalue weighted by atomic mass is 33.1. The zero-order valence-electron chi connectivity index (χ0n) is 64.0. The van der Waals surface area contributed by atoms with Crippen molar-refractivity contribution < 1.29 is 87.5 Å². The molecule has 1 fully saturated rings. The van der Waals surface area contributed by atoms with Crippen molar-refractivity contribution >= 4 is 98.7 Å². The second kappa shape index (κ2) is 48.7. The van der Waals surface area contributed by atoms with Gasteiger partial charge in [-0.2, -0.15) is 0 Å². The molecule has 3 heterocycles. The molecule has 6 aromatic rings. The average molecular weight is 1610 g/mol. The molecule has 1 aliphatic heterocycles. The summed E-state index contributed by atoms with van der Waals surface area (Å²) in [6.45, 7) is 6.40. The maximum atomic E-state index is 15.2. The fourth-order valence-corrected chi connectivity index (χ4v) is 14.5. The number of nitrogens with zero attached hydrogens (tertiary/aromatic N) is 3. The van der Waals surface area contributed by atoms with Crippen molar-refractivity contribution in [3.05, 3.63) is 156 Å². The summed E-state index contributed by atoms with van der Waals surface area (Å²) in [6.07, 6.45) is 2.38. The van der Waals surface area contributed by atoms with E-state index >= 15 is 9.59 Å². The quantitative estimate of drug-likeness (QED) is 0.0128. The monoisotopic (exact) mass is 1610 g/mol.